The number of sulfonamides is 1. The summed E-state index contributed by atoms with van der Waals surface area (Å²) in [6.07, 6.45) is -0.538. The van der Waals surface area contributed by atoms with Gasteiger partial charge >= 0.3 is 6.18 Å². The first-order chi connectivity index (χ1) is 21.3. The maximum atomic E-state index is 14.4. The Balaban J connectivity index is 1.46. The third-order valence-corrected chi connectivity index (χ3v) is 10.4. The van der Waals surface area contributed by atoms with Gasteiger partial charge in [0.2, 0.25) is 10.0 Å². The molecule has 0 unspecified atom stereocenters. The molecule has 0 N–H and O–H groups in total. The van der Waals surface area contributed by atoms with Gasteiger partial charge in [-0.3, -0.25) is 9.78 Å². The number of ketones is 1. The van der Waals surface area contributed by atoms with Gasteiger partial charge in [0.05, 0.1) is 27.9 Å². The molecule has 1 fully saturated rings. The van der Waals surface area contributed by atoms with E-state index >= 15 is 0 Å². The lowest BCUT2D eigenvalue weighted by atomic mass is 9.60. The van der Waals surface area contributed by atoms with Crippen LogP contribution >= 0.6 is 11.6 Å². The predicted octanol–water partition coefficient (Wildman–Crippen LogP) is 6.81. The molecule has 0 radical (unpaired) electrons. The molecule has 2 aliphatic rings. The zero-order valence-electron chi connectivity index (χ0n) is 23.3. The normalized spacial score (nSPS) is 20.0. The molecule has 0 bridgehead atoms. The number of carbonyl (C=O) groups excluding carboxylic acids is 1. The number of hydrogen-bond acceptors (Lipinski definition) is 5. The molecule has 0 saturated heterocycles. The van der Waals surface area contributed by atoms with E-state index in [9.17, 15) is 35.2 Å². The zero-order chi connectivity index (χ0) is 32.1. The van der Waals surface area contributed by atoms with Crippen LogP contribution in [0.25, 0.3) is 11.8 Å². The molecule has 0 aliphatic heterocycles. The van der Waals surface area contributed by atoms with Crippen LogP contribution in [0.4, 0.5) is 22.0 Å². The summed E-state index contributed by atoms with van der Waals surface area (Å²) >= 11 is 6.17. The highest BCUT2D eigenvalue weighted by Gasteiger charge is 2.53. The Morgan fingerprint density at radius 3 is 2.36 bits per heavy atom. The van der Waals surface area contributed by atoms with Crippen molar-refractivity contribution in [1.29, 1.82) is 0 Å². The summed E-state index contributed by atoms with van der Waals surface area (Å²) < 4.78 is 98.4. The van der Waals surface area contributed by atoms with Crippen molar-refractivity contribution in [2.45, 2.75) is 42.8 Å². The highest BCUT2D eigenvalue weighted by Crippen LogP contribution is 2.51. The van der Waals surface area contributed by atoms with E-state index < -0.39 is 56.5 Å². The van der Waals surface area contributed by atoms with Gasteiger partial charge in [-0.25, -0.2) is 21.9 Å². The molecule has 45 heavy (non-hydrogen) atoms. The third kappa shape index (κ3) is 5.91. The lowest BCUT2D eigenvalue weighted by molar-refractivity contribution is -0.140. The van der Waals surface area contributed by atoms with E-state index in [4.69, 9.17) is 11.6 Å². The summed E-state index contributed by atoms with van der Waals surface area (Å²) in [5, 5.41) is 4.66. The number of halogens is 6. The smallest absolute Gasteiger partial charge is 0.291 e. The van der Waals surface area contributed by atoms with Gasteiger partial charge in [0.15, 0.2) is 5.78 Å². The second-order valence-electron chi connectivity index (χ2n) is 11.1. The molecule has 0 spiro atoms. The first-order valence-corrected chi connectivity index (χ1v) is 15.6. The Morgan fingerprint density at radius 1 is 1.04 bits per heavy atom. The van der Waals surface area contributed by atoms with E-state index in [2.05, 4.69) is 10.1 Å². The van der Waals surface area contributed by atoms with Crippen molar-refractivity contribution < 1.29 is 35.2 Å². The second kappa shape index (κ2) is 11.5. The van der Waals surface area contributed by atoms with E-state index in [-0.39, 0.29) is 36.4 Å². The van der Waals surface area contributed by atoms with Crippen LogP contribution < -0.4 is 0 Å². The van der Waals surface area contributed by atoms with Crippen molar-refractivity contribution in [3.63, 3.8) is 0 Å². The molecule has 0 amide bonds. The quantitative estimate of drug-likeness (QED) is 0.160. The number of Topliss-reactive ketones (excluding diaryl/α,β-unsaturated/α-hetero) is 1. The average molecular weight is 663 g/mol. The molecule has 2 aromatic heterocycles. The van der Waals surface area contributed by atoms with Gasteiger partial charge in [-0.1, -0.05) is 17.2 Å². The van der Waals surface area contributed by atoms with Crippen LogP contribution in [0, 0.1) is 17.0 Å². The van der Waals surface area contributed by atoms with Crippen LogP contribution in [0.3, 0.4) is 0 Å². The maximum Gasteiger partial charge on any atom is 0.402 e. The summed E-state index contributed by atoms with van der Waals surface area (Å²) in [4.78, 5) is 18.1. The summed E-state index contributed by atoms with van der Waals surface area (Å²) in [5.41, 5.74) is 0.832. The molecule has 6 rings (SSSR count). The summed E-state index contributed by atoms with van der Waals surface area (Å²) in [5.74, 6) is -1.71. The number of nitrogens with zero attached hydrogens (tertiary/aromatic N) is 4. The molecule has 234 valence electrons. The molecular formula is C31H24ClF5N4O3S. The Bertz CT molecular complexity index is 1910. The molecule has 7 nitrogen and oxygen atoms in total. The fourth-order valence-electron chi connectivity index (χ4n) is 6.22. The predicted molar refractivity (Wildman–Crippen MR) is 155 cm³/mol. The van der Waals surface area contributed by atoms with Gasteiger partial charge in [-0.05, 0) is 98.0 Å². The Labute approximate surface area is 260 Å². The lowest BCUT2D eigenvalue weighted by Gasteiger charge is -2.46. The van der Waals surface area contributed by atoms with Gasteiger partial charge in [0, 0.05) is 17.3 Å². The summed E-state index contributed by atoms with van der Waals surface area (Å²) in [6, 6.07) is 10.8. The summed E-state index contributed by atoms with van der Waals surface area (Å²) in [6.45, 7) is -1.80. The molecule has 2 atom stereocenters. The van der Waals surface area contributed by atoms with Crippen LogP contribution in [0.5, 0.6) is 0 Å². The molecular weight excluding hydrogens is 639 g/mol. The number of allylic oxidation sites excluding steroid dienone is 1. The topological polar surface area (TPSA) is 85.2 Å². The van der Waals surface area contributed by atoms with Crippen LogP contribution in [-0.4, -0.2) is 52.0 Å². The molecule has 2 heterocycles. The molecule has 1 saturated carbocycles. The van der Waals surface area contributed by atoms with Gasteiger partial charge in [0.1, 0.15) is 23.9 Å². The molecule has 2 aliphatic carbocycles. The SMILES string of the molecule is O=C(c1cc(Cl)ccn1)[C@]12Cc3cnn(-c4ccc(F)cc4)c3C=C1CC[C@H](N(CC(F)(F)F)S(=O)(=O)c1ccc(F)cc1)C2. The van der Waals surface area contributed by atoms with Crippen molar-refractivity contribution in [3.8, 4) is 5.69 Å². The largest absolute Gasteiger partial charge is 0.402 e. The van der Waals surface area contributed by atoms with Crippen molar-refractivity contribution in [2.75, 3.05) is 6.54 Å². The number of benzene rings is 2. The Kier molecular flexibility index (Phi) is 7.90. The number of pyridine rings is 1. The number of alkyl halides is 3. The van der Waals surface area contributed by atoms with Crippen molar-refractivity contribution in [1.82, 2.24) is 19.1 Å². The molecule has 4 aromatic rings. The fraction of sp³-hybridized carbons (Fsp3) is 0.258. The molecule has 14 heteroatoms. The first kappa shape index (κ1) is 31.1. The average Bonchev–Trinajstić information content (AvgIpc) is 3.40. The van der Waals surface area contributed by atoms with Gasteiger partial charge < -0.3 is 0 Å². The summed E-state index contributed by atoms with van der Waals surface area (Å²) in [7, 11) is -4.78. The Hall–Kier alpha value is -3.94. The van der Waals surface area contributed by atoms with E-state index in [0.29, 0.717) is 26.8 Å². The van der Waals surface area contributed by atoms with Crippen LogP contribution in [0.15, 0.2) is 83.5 Å². The standard InChI is InChI=1S/C31H24ClF5N4O3S/c32-21-11-12-38-27(14-21)29(42)30-15-19-17-39-41(24-7-2-22(33)3-8-24)28(19)13-20(30)1-6-25(16-30)40(18-31(35,36)37)45(43,44)26-9-4-23(34)5-10-26/h2-5,7-14,17,25H,1,6,15-16,18H2/t25-,30-/m0/s1. The van der Waals surface area contributed by atoms with Gasteiger partial charge in [0.25, 0.3) is 0 Å². The molecule has 2 aromatic carbocycles. The maximum absolute atomic E-state index is 14.4. The van der Waals surface area contributed by atoms with E-state index in [1.165, 1.54) is 48.8 Å². The second-order valence-corrected chi connectivity index (χ2v) is 13.4. The van der Waals surface area contributed by atoms with E-state index in [1.54, 1.807) is 10.8 Å². The number of rotatable bonds is 7. The van der Waals surface area contributed by atoms with Gasteiger partial charge in [-0.2, -0.15) is 22.6 Å². The van der Waals surface area contributed by atoms with Crippen LogP contribution in [0.2, 0.25) is 5.02 Å². The zero-order valence-corrected chi connectivity index (χ0v) is 24.9. The highest BCUT2D eigenvalue weighted by atomic mass is 35.5. The minimum atomic E-state index is -4.91. The third-order valence-electron chi connectivity index (χ3n) is 8.26. The van der Waals surface area contributed by atoms with Crippen molar-refractivity contribution >= 4 is 33.5 Å². The number of fused-ring (bicyclic) bond motifs is 2. The lowest BCUT2D eigenvalue weighted by Crippen LogP contribution is -2.52. The minimum absolute atomic E-state index is 0.00462. The fourth-order valence-corrected chi connectivity index (χ4v) is 8.02. The number of carbonyl (C=O) groups is 1. The van der Waals surface area contributed by atoms with Crippen LogP contribution in [-0.2, 0) is 16.4 Å². The van der Waals surface area contributed by atoms with E-state index in [1.807, 2.05) is 0 Å². The first-order valence-electron chi connectivity index (χ1n) is 13.8. The number of aromatic nitrogens is 3. The highest BCUT2D eigenvalue weighted by molar-refractivity contribution is 7.89. The minimum Gasteiger partial charge on any atom is -0.291 e. The monoisotopic (exact) mass is 662 g/mol. The van der Waals surface area contributed by atoms with Gasteiger partial charge in [-0.15, -0.1) is 0 Å². The van der Waals surface area contributed by atoms with Crippen molar-refractivity contribution in [3.05, 3.63) is 112 Å². The van der Waals surface area contributed by atoms with E-state index in [0.717, 1.165) is 24.3 Å². The van der Waals surface area contributed by atoms with Crippen LogP contribution in [0.1, 0.15) is 41.0 Å². The Morgan fingerprint density at radius 2 is 1.71 bits per heavy atom. The van der Waals surface area contributed by atoms with Crippen molar-refractivity contribution in [2.24, 2.45) is 5.41 Å². The number of hydrogen-bond donors (Lipinski definition) is 0.